The Morgan fingerprint density at radius 3 is 1.74 bits per heavy atom. The molecule has 4 amide bonds. The van der Waals surface area contributed by atoms with Crippen LogP contribution in [0.2, 0.25) is 0 Å². The first kappa shape index (κ1) is 34.3. The molecule has 3 atom stereocenters. The Morgan fingerprint density at radius 1 is 0.721 bits per heavy atom. The first-order chi connectivity index (χ1) is 20.2. The molecule has 0 saturated carbocycles. The minimum atomic E-state index is -1.56. The number of benzene rings is 2. The molecule has 0 radical (unpaired) electrons. The molecule has 13 nitrogen and oxygen atoms in total. The van der Waals surface area contributed by atoms with E-state index in [-0.39, 0.29) is 13.2 Å². The van der Waals surface area contributed by atoms with Crippen molar-refractivity contribution in [3.05, 3.63) is 71.8 Å². The Morgan fingerprint density at radius 2 is 1.23 bits per heavy atom. The number of hydrogen-bond acceptors (Lipinski definition) is 9. The van der Waals surface area contributed by atoms with Crippen molar-refractivity contribution in [1.82, 2.24) is 16.0 Å². The van der Waals surface area contributed by atoms with Crippen molar-refractivity contribution in [1.29, 1.82) is 0 Å². The van der Waals surface area contributed by atoms with E-state index in [1.165, 1.54) is 6.92 Å². The van der Waals surface area contributed by atoms with Crippen molar-refractivity contribution in [2.45, 2.75) is 77.5 Å². The number of ether oxygens (including phenoxy) is 3. The third-order valence-corrected chi connectivity index (χ3v) is 5.60. The van der Waals surface area contributed by atoms with E-state index in [0.717, 1.165) is 5.56 Å². The predicted molar refractivity (Wildman–Crippen MR) is 154 cm³/mol. The Balaban J connectivity index is 2.11. The lowest BCUT2D eigenvalue weighted by Crippen LogP contribution is -2.56. The van der Waals surface area contributed by atoms with Gasteiger partial charge in [-0.05, 0) is 38.8 Å². The minimum absolute atomic E-state index is 0.0365. The van der Waals surface area contributed by atoms with E-state index in [0.29, 0.717) is 5.56 Å². The van der Waals surface area contributed by atoms with Gasteiger partial charge in [0.05, 0.1) is 12.8 Å². The van der Waals surface area contributed by atoms with Crippen LogP contribution in [-0.4, -0.2) is 59.5 Å². The molecule has 0 fully saturated rings. The van der Waals surface area contributed by atoms with Crippen molar-refractivity contribution in [3.63, 3.8) is 0 Å². The molecule has 232 valence electrons. The van der Waals surface area contributed by atoms with E-state index in [2.05, 4.69) is 16.0 Å². The van der Waals surface area contributed by atoms with Crippen LogP contribution in [0.3, 0.4) is 0 Å². The molecule has 0 aromatic heterocycles. The van der Waals surface area contributed by atoms with Gasteiger partial charge in [0.15, 0.2) is 0 Å². The molecule has 0 aliphatic heterocycles. The topological polar surface area (TPSA) is 192 Å². The molecule has 2 rings (SSSR count). The molecule has 0 unspecified atom stereocenters. The fraction of sp³-hybridized carbons (Fsp3) is 0.400. The molecule has 0 saturated heterocycles. The van der Waals surface area contributed by atoms with Crippen LogP contribution in [0.5, 0.6) is 0 Å². The largest absolute Gasteiger partial charge is 0.461 e. The van der Waals surface area contributed by atoms with Crippen LogP contribution in [0.1, 0.15) is 51.7 Å². The van der Waals surface area contributed by atoms with Gasteiger partial charge in [0, 0.05) is 0 Å². The van der Waals surface area contributed by atoms with Crippen LogP contribution in [0, 0.1) is 0 Å². The fourth-order valence-electron chi connectivity index (χ4n) is 3.52. The molecule has 5 N–H and O–H groups in total. The van der Waals surface area contributed by atoms with Crippen LogP contribution < -0.4 is 21.7 Å². The van der Waals surface area contributed by atoms with Crippen LogP contribution in [-0.2, 0) is 51.4 Å². The number of primary amides is 1. The van der Waals surface area contributed by atoms with Gasteiger partial charge in [-0.2, -0.15) is 0 Å². The van der Waals surface area contributed by atoms with Crippen molar-refractivity contribution >= 4 is 35.8 Å². The highest BCUT2D eigenvalue weighted by molar-refractivity contribution is 5.96. The quantitative estimate of drug-likeness (QED) is 0.185. The number of esters is 2. The number of carbonyl (C=O) groups excluding carboxylic acids is 6. The van der Waals surface area contributed by atoms with E-state index >= 15 is 0 Å². The monoisotopic (exact) mass is 598 g/mol. The zero-order chi connectivity index (χ0) is 32.0. The second kappa shape index (κ2) is 16.5. The molecular formula is C30H38N4O9. The summed E-state index contributed by atoms with van der Waals surface area (Å²) >= 11 is 0. The number of rotatable bonds is 14. The Hall–Kier alpha value is -4.94. The van der Waals surface area contributed by atoms with Crippen molar-refractivity contribution in [3.8, 4) is 0 Å². The second-order valence-corrected chi connectivity index (χ2v) is 10.6. The van der Waals surface area contributed by atoms with Gasteiger partial charge >= 0.3 is 18.0 Å². The maximum atomic E-state index is 13.2. The van der Waals surface area contributed by atoms with Gasteiger partial charge in [0.1, 0.15) is 36.9 Å². The van der Waals surface area contributed by atoms with E-state index in [4.69, 9.17) is 19.9 Å². The lowest BCUT2D eigenvalue weighted by molar-refractivity contribution is -0.159. The Bertz CT molecular complexity index is 1260. The van der Waals surface area contributed by atoms with E-state index in [9.17, 15) is 28.8 Å². The van der Waals surface area contributed by atoms with Crippen molar-refractivity contribution in [2.24, 2.45) is 5.73 Å². The first-order valence-corrected chi connectivity index (χ1v) is 13.5. The average molecular weight is 599 g/mol. The fourth-order valence-corrected chi connectivity index (χ4v) is 3.52. The number of nitrogens with one attached hydrogen (secondary N) is 3. The highest BCUT2D eigenvalue weighted by atomic mass is 16.6. The third kappa shape index (κ3) is 13.5. The van der Waals surface area contributed by atoms with Gasteiger partial charge in [-0.15, -0.1) is 0 Å². The van der Waals surface area contributed by atoms with E-state index in [1.54, 1.807) is 75.4 Å². The standard InChI is InChI=1S/C30H38N4O9/c1-19(32-29(40)42-18-21-13-9-6-10-14-21)26(37)33-22(16-25(36)41-17-20-11-7-5-8-12-20)27(38)34-23(15-24(31)35)28(39)43-30(2,3)4/h5-14,19,22-23H,15-18H2,1-4H3,(H2,31,35)(H,32,40)(H,33,37)(H,34,38)/t19-,22-,23-/m0/s1. The molecular weight excluding hydrogens is 560 g/mol. The summed E-state index contributed by atoms with van der Waals surface area (Å²) in [5, 5.41) is 7.05. The summed E-state index contributed by atoms with van der Waals surface area (Å²) in [6, 6.07) is 13.4. The van der Waals surface area contributed by atoms with Crippen LogP contribution in [0.4, 0.5) is 4.79 Å². The van der Waals surface area contributed by atoms with Crippen LogP contribution in [0.15, 0.2) is 60.7 Å². The van der Waals surface area contributed by atoms with Crippen LogP contribution >= 0.6 is 0 Å². The number of alkyl carbamates (subject to hydrolysis) is 1. The molecule has 0 bridgehead atoms. The molecule has 0 aliphatic rings. The zero-order valence-corrected chi connectivity index (χ0v) is 24.6. The highest BCUT2D eigenvalue weighted by Crippen LogP contribution is 2.11. The van der Waals surface area contributed by atoms with Crippen LogP contribution in [0.25, 0.3) is 0 Å². The van der Waals surface area contributed by atoms with Gasteiger partial charge in [0.25, 0.3) is 0 Å². The zero-order valence-electron chi connectivity index (χ0n) is 24.6. The molecule has 0 aliphatic carbocycles. The molecule has 2 aromatic carbocycles. The first-order valence-electron chi connectivity index (χ1n) is 13.5. The number of carbonyl (C=O) groups is 6. The lowest BCUT2D eigenvalue weighted by atomic mass is 10.1. The maximum Gasteiger partial charge on any atom is 0.408 e. The van der Waals surface area contributed by atoms with Gasteiger partial charge in [-0.25, -0.2) is 9.59 Å². The normalized spacial score (nSPS) is 12.9. The van der Waals surface area contributed by atoms with E-state index < -0.39 is 72.3 Å². The van der Waals surface area contributed by atoms with Gasteiger partial charge < -0.3 is 35.9 Å². The Kier molecular flexibility index (Phi) is 13.1. The molecule has 0 heterocycles. The predicted octanol–water partition coefficient (Wildman–Crippen LogP) is 1.62. The number of nitrogens with two attached hydrogens (primary N) is 1. The summed E-state index contributed by atoms with van der Waals surface area (Å²) in [5.74, 6) is -4.49. The third-order valence-electron chi connectivity index (χ3n) is 5.60. The summed E-state index contributed by atoms with van der Waals surface area (Å²) in [5.41, 5.74) is 5.74. The molecule has 13 heteroatoms. The summed E-state index contributed by atoms with van der Waals surface area (Å²) in [4.78, 5) is 75.3. The molecule has 0 spiro atoms. The van der Waals surface area contributed by atoms with Crippen molar-refractivity contribution < 1.29 is 43.0 Å². The van der Waals surface area contributed by atoms with Gasteiger partial charge in [-0.3, -0.25) is 19.2 Å². The number of hydrogen-bond donors (Lipinski definition) is 4. The smallest absolute Gasteiger partial charge is 0.408 e. The summed E-state index contributed by atoms with van der Waals surface area (Å²) in [6.45, 7) is 6.01. The molecule has 2 aromatic rings. The van der Waals surface area contributed by atoms with Gasteiger partial charge in [-0.1, -0.05) is 60.7 Å². The highest BCUT2D eigenvalue weighted by Gasteiger charge is 2.33. The van der Waals surface area contributed by atoms with Gasteiger partial charge in [0.2, 0.25) is 17.7 Å². The molecule has 43 heavy (non-hydrogen) atoms. The summed E-state index contributed by atoms with van der Waals surface area (Å²) < 4.78 is 15.6. The average Bonchev–Trinajstić information content (AvgIpc) is 2.94. The SMILES string of the molecule is C[C@H](NC(=O)OCc1ccccc1)C(=O)N[C@@H](CC(=O)OCc1ccccc1)C(=O)N[C@@H](CC(N)=O)C(=O)OC(C)(C)C. The van der Waals surface area contributed by atoms with Crippen molar-refractivity contribution in [2.75, 3.05) is 0 Å². The Labute approximate surface area is 249 Å². The van der Waals surface area contributed by atoms with E-state index in [1.807, 2.05) is 6.07 Å². The lowest BCUT2D eigenvalue weighted by Gasteiger charge is -2.26. The summed E-state index contributed by atoms with van der Waals surface area (Å²) in [7, 11) is 0. The number of amides is 4. The second-order valence-electron chi connectivity index (χ2n) is 10.6. The summed E-state index contributed by atoms with van der Waals surface area (Å²) in [6.07, 6.45) is -2.11. The minimum Gasteiger partial charge on any atom is -0.461 e. The maximum absolute atomic E-state index is 13.2.